The summed E-state index contributed by atoms with van der Waals surface area (Å²) in [6, 6.07) is 1.69. The van der Waals surface area contributed by atoms with E-state index < -0.39 is 22.9 Å². The normalized spacial score (nSPS) is 11.3. The van der Waals surface area contributed by atoms with Crippen molar-refractivity contribution in [3.05, 3.63) is 22.7 Å². The van der Waals surface area contributed by atoms with Crippen molar-refractivity contribution >= 4 is 34.1 Å². The van der Waals surface area contributed by atoms with E-state index in [1.54, 1.807) is 0 Å². The molecule has 1 rings (SSSR count). The average molecular weight is 274 g/mol. The molecule has 0 atom stereocenters. The summed E-state index contributed by atoms with van der Waals surface area (Å²) >= 11 is 10.6. The van der Waals surface area contributed by atoms with Crippen LogP contribution in [0.25, 0.3) is 0 Å². The summed E-state index contributed by atoms with van der Waals surface area (Å²) in [5.41, 5.74) is 4.74. The fraction of sp³-hybridized carbons (Fsp3) is 0.125. The summed E-state index contributed by atoms with van der Waals surface area (Å²) in [7, 11) is 0. The van der Waals surface area contributed by atoms with Crippen molar-refractivity contribution in [2.24, 2.45) is 0 Å². The number of halogens is 5. The van der Waals surface area contributed by atoms with Crippen molar-refractivity contribution in [3.8, 4) is 5.75 Å². The summed E-state index contributed by atoms with van der Waals surface area (Å²) in [4.78, 5) is 10.8. The van der Waals surface area contributed by atoms with Gasteiger partial charge in [-0.1, -0.05) is 11.6 Å². The average Bonchev–Trinajstić information content (AvgIpc) is 2.07. The zero-order valence-electron chi connectivity index (χ0n) is 7.44. The van der Waals surface area contributed by atoms with Crippen LogP contribution in [0.5, 0.6) is 5.75 Å². The Morgan fingerprint density at radius 3 is 2.38 bits per heavy atom. The number of ether oxygens (including phenoxy) is 1. The van der Waals surface area contributed by atoms with Crippen LogP contribution in [0.3, 0.4) is 0 Å². The van der Waals surface area contributed by atoms with Crippen LogP contribution < -0.4 is 10.5 Å². The second-order valence-corrected chi connectivity index (χ2v) is 3.44. The Bertz CT molecular complexity index is 434. The number of anilines is 1. The number of carbonyl (C=O) groups excluding carboxylic acids is 1. The van der Waals surface area contributed by atoms with E-state index in [1.807, 2.05) is 0 Å². The summed E-state index contributed by atoms with van der Waals surface area (Å²) in [5, 5.41) is -1.29. The van der Waals surface area contributed by atoms with Crippen LogP contribution in [0.1, 0.15) is 10.4 Å². The van der Waals surface area contributed by atoms with Crippen molar-refractivity contribution in [1.29, 1.82) is 0 Å². The quantitative estimate of drug-likeness (QED) is 0.665. The van der Waals surface area contributed by atoms with Crippen molar-refractivity contribution < 1.29 is 22.7 Å². The number of carbonyl (C=O) groups is 1. The van der Waals surface area contributed by atoms with E-state index in [1.165, 1.54) is 0 Å². The highest BCUT2D eigenvalue weighted by atomic mass is 35.5. The highest BCUT2D eigenvalue weighted by Crippen LogP contribution is 2.33. The number of nitrogens with two attached hydrogens (primary N) is 1. The molecule has 0 heterocycles. The maximum absolute atomic E-state index is 12.0. The monoisotopic (exact) mass is 273 g/mol. The number of hydrogen-bond donors (Lipinski definition) is 1. The first kappa shape index (κ1) is 12.9. The van der Waals surface area contributed by atoms with Crippen molar-refractivity contribution in [1.82, 2.24) is 0 Å². The molecule has 88 valence electrons. The molecule has 0 aliphatic heterocycles. The molecule has 0 unspecified atom stereocenters. The lowest BCUT2D eigenvalue weighted by Gasteiger charge is -2.12. The zero-order chi connectivity index (χ0) is 12.5. The molecule has 2 N–H and O–H groups in total. The lowest BCUT2D eigenvalue weighted by molar-refractivity contribution is -0.274. The molecule has 0 amide bonds. The molecule has 0 spiro atoms. The summed E-state index contributed by atoms with van der Waals surface area (Å²) in [6.45, 7) is 0. The third kappa shape index (κ3) is 3.18. The van der Waals surface area contributed by atoms with E-state index in [2.05, 4.69) is 4.74 Å². The molecule has 0 bridgehead atoms. The van der Waals surface area contributed by atoms with Crippen LogP contribution in [0.2, 0.25) is 5.02 Å². The van der Waals surface area contributed by atoms with Crippen LogP contribution >= 0.6 is 23.2 Å². The van der Waals surface area contributed by atoms with Gasteiger partial charge >= 0.3 is 6.36 Å². The smallest absolute Gasteiger partial charge is 0.405 e. The Kier molecular flexibility index (Phi) is 3.54. The predicted molar refractivity (Wildman–Crippen MR) is 52.7 cm³/mol. The lowest BCUT2D eigenvalue weighted by atomic mass is 10.2. The van der Waals surface area contributed by atoms with Crippen LogP contribution in [0, 0.1) is 0 Å². The standard InChI is InChI=1S/C8H4Cl2F3NO2/c9-4-2-6(16-8(11,12)13)3(7(10)15)1-5(4)14/h1-2H,14H2. The molecule has 1 aromatic carbocycles. The van der Waals surface area contributed by atoms with Gasteiger partial charge in [-0.2, -0.15) is 0 Å². The van der Waals surface area contributed by atoms with Gasteiger partial charge in [-0.25, -0.2) is 0 Å². The van der Waals surface area contributed by atoms with Gasteiger partial charge in [0.15, 0.2) is 0 Å². The minimum atomic E-state index is -4.94. The van der Waals surface area contributed by atoms with Crippen LogP contribution in [0.4, 0.5) is 18.9 Å². The van der Waals surface area contributed by atoms with Gasteiger partial charge in [0.25, 0.3) is 5.24 Å². The van der Waals surface area contributed by atoms with Gasteiger partial charge in [-0.05, 0) is 17.7 Å². The van der Waals surface area contributed by atoms with E-state index in [0.717, 1.165) is 12.1 Å². The minimum Gasteiger partial charge on any atom is -0.405 e. The molecular weight excluding hydrogens is 270 g/mol. The summed E-state index contributed by atoms with van der Waals surface area (Å²) in [5.74, 6) is -0.785. The fourth-order valence-corrected chi connectivity index (χ4v) is 1.24. The molecule has 3 nitrogen and oxygen atoms in total. The Balaban J connectivity index is 3.25. The third-order valence-electron chi connectivity index (χ3n) is 1.54. The van der Waals surface area contributed by atoms with E-state index >= 15 is 0 Å². The largest absolute Gasteiger partial charge is 0.573 e. The Morgan fingerprint density at radius 2 is 1.94 bits per heavy atom. The molecule has 0 aromatic heterocycles. The maximum Gasteiger partial charge on any atom is 0.573 e. The van der Waals surface area contributed by atoms with Gasteiger partial charge in [-0.3, -0.25) is 4.79 Å². The first-order valence-corrected chi connectivity index (χ1v) is 4.51. The zero-order valence-corrected chi connectivity index (χ0v) is 8.95. The first-order chi connectivity index (χ1) is 7.20. The number of rotatable bonds is 2. The molecular formula is C8H4Cl2F3NO2. The molecule has 0 saturated carbocycles. The number of alkyl halides is 3. The highest BCUT2D eigenvalue weighted by Gasteiger charge is 2.33. The Hall–Kier alpha value is -1.14. The van der Waals surface area contributed by atoms with Gasteiger partial charge in [0, 0.05) is 6.07 Å². The number of benzene rings is 1. The molecule has 8 heteroatoms. The van der Waals surface area contributed by atoms with E-state index in [9.17, 15) is 18.0 Å². The third-order valence-corrected chi connectivity index (χ3v) is 2.07. The number of nitrogen functional groups attached to an aromatic ring is 1. The molecule has 0 saturated heterocycles. The van der Waals surface area contributed by atoms with Crippen LogP contribution in [-0.2, 0) is 0 Å². The second-order valence-electron chi connectivity index (χ2n) is 2.69. The van der Waals surface area contributed by atoms with Gasteiger partial charge in [0.1, 0.15) is 5.75 Å². The van der Waals surface area contributed by atoms with Gasteiger partial charge in [0.05, 0.1) is 16.3 Å². The van der Waals surface area contributed by atoms with Gasteiger partial charge in [-0.15, -0.1) is 13.2 Å². The Morgan fingerprint density at radius 1 is 1.38 bits per heavy atom. The fourth-order valence-electron chi connectivity index (χ4n) is 0.934. The van der Waals surface area contributed by atoms with Crippen molar-refractivity contribution in [3.63, 3.8) is 0 Å². The second kappa shape index (κ2) is 4.39. The first-order valence-electron chi connectivity index (χ1n) is 3.75. The topological polar surface area (TPSA) is 52.3 Å². The summed E-state index contributed by atoms with van der Waals surface area (Å²) < 4.78 is 39.5. The molecule has 0 fully saturated rings. The molecule has 16 heavy (non-hydrogen) atoms. The van der Waals surface area contributed by atoms with Gasteiger partial charge < -0.3 is 10.5 Å². The van der Waals surface area contributed by atoms with E-state index in [-0.39, 0.29) is 10.7 Å². The summed E-state index contributed by atoms with van der Waals surface area (Å²) in [6.07, 6.45) is -4.94. The van der Waals surface area contributed by atoms with Crippen molar-refractivity contribution in [2.75, 3.05) is 5.73 Å². The minimum absolute atomic E-state index is 0.0693. The molecule has 0 aliphatic carbocycles. The SMILES string of the molecule is Nc1cc(C(=O)Cl)c(OC(F)(F)F)cc1Cl. The van der Waals surface area contributed by atoms with Crippen LogP contribution in [-0.4, -0.2) is 11.6 Å². The Labute approximate surface area is 97.9 Å². The predicted octanol–water partition coefficient (Wildman–Crippen LogP) is 3.20. The lowest BCUT2D eigenvalue weighted by Crippen LogP contribution is -2.18. The van der Waals surface area contributed by atoms with E-state index in [0.29, 0.717) is 0 Å². The molecule has 0 aliphatic rings. The number of hydrogen-bond acceptors (Lipinski definition) is 3. The van der Waals surface area contributed by atoms with Gasteiger partial charge in [0.2, 0.25) is 0 Å². The molecule has 1 aromatic rings. The van der Waals surface area contributed by atoms with Crippen LogP contribution in [0.15, 0.2) is 12.1 Å². The molecule has 0 radical (unpaired) electrons. The maximum atomic E-state index is 12.0. The van der Waals surface area contributed by atoms with Crippen molar-refractivity contribution in [2.45, 2.75) is 6.36 Å². The highest BCUT2D eigenvalue weighted by molar-refractivity contribution is 6.68. The van der Waals surface area contributed by atoms with E-state index in [4.69, 9.17) is 28.9 Å².